The van der Waals surface area contributed by atoms with Gasteiger partial charge in [0.1, 0.15) is 10.8 Å². The summed E-state index contributed by atoms with van der Waals surface area (Å²) in [7, 11) is 0. The lowest BCUT2D eigenvalue weighted by atomic mass is 9.97. The first-order valence-corrected chi connectivity index (χ1v) is 10.0. The monoisotopic (exact) mass is 428 g/mol. The van der Waals surface area contributed by atoms with Gasteiger partial charge in [-0.15, -0.1) is 11.3 Å². The van der Waals surface area contributed by atoms with E-state index in [2.05, 4.69) is 10.7 Å². The van der Waals surface area contributed by atoms with E-state index in [1.807, 2.05) is 0 Å². The maximum atomic E-state index is 12.7. The molecule has 1 unspecified atom stereocenters. The van der Waals surface area contributed by atoms with Crippen molar-refractivity contribution in [2.75, 3.05) is 12.0 Å². The highest BCUT2D eigenvalue weighted by Crippen LogP contribution is 2.37. The molecule has 0 aliphatic carbocycles. The molecule has 2 aromatic heterocycles. The van der Waals surface area contributed by atoms with Crippen molar-refractivity contribution in [3.8, 4) is 5.75 Å². The standard InChI is InChI=1S/C19H16N4O6S/c24-11-3-1-2-8-6-22(16(25)13(8)11)7-9-4-10-12(5-20-9)30-15(14(10)19(28)29)21-23-17(26)18(23)27/h1-3,9,20-21,24H,4-7H2,(H,28,29). The number of carbonyl (C=O) groups excluding carboxylic acids is 1. The van der Waals surface area contributed by atoms with Crippen molar-refractivity contribution in [2.45, 2.75) is 25.6 Å². The van der Waals surface area contributed by atoms with Crippen LogP contribution in [0.1, 0.15) is 36.7 Å². The van der Waals surface area contributed by atoms with Gasteiger partial charge in [0.05, 0.1) is 11.1 Å². The Kier molecular flexibility index (Phi) is 4.05. The average Bonchev–Trinajstić information content (AvgIpc) is 3.04. The maximum absolute atomic E-state index is 12.7. The van der Waals surface area contributed by atoms with Gasteiger partial charge < -0.3 is 20.4 Å². The molecule has 30 heavy (non-hydrogen) atoms. The van der Waals surface area contributed by atoms with Crippen LogP contribution in [-0.2, 0) is 19.5 Å². The number of nitrogens with one attached hydrogen (secondary N) is 2. The number of aromatic nitrogens is 1. The molecule has 0 radical (unpaired) electrons. The Morgan fingerprint density at radius 3 is 2.70 bits per heavy atom. The van der Waals surface area contributed by atoms with Crippen LogP contribution in [0.5, 0.6) is 5.75 Å². The molecule has 11 heteroatoms. The lowest BCUT2D eigenvalue weighted by Crippen LogP contribution is -2.44. The number of rotatable bonds is 5. The molecule has 1 aromatic carbocycles. The summed E-state index contributed by atoms with van der Waals surface area (Å²) >= 11 is 1.19. The minimum absolute atomic E-state index is 0.0419. The van der Waals surface area contributed by atoms with Gasteiger partial charge in [0.15, 0.2) is 0 Å². The SMILES string of the molecule is O=C(O)c1c(Nn2c(=O)c2=O)sc2c1CC(CN1Cc3cccc(O)c3C1=O)NC2. The topological polar surface area (TPSA) is 141 Å². The van der Waals surface area contributed by atoms with Crippen LogP contribution < -0.4 is 21.9 Å². The van der Waals surface area contributed by atoms with Crippen molar-refractivity contribution in [3.63, 3.8) is 0 Å². The molecule has 4 N–H and O–H groups in total. The molecule has 0 saturated carbocycles. The Labute approximate surface area is 172 Å². The van der Waals surface area contributed by atoms with Crippen molar-refractivity contribution >= 4 is 28.2 Å². The van der Waals surface area contributed by atoms with Crippen LogP contribution in [0, 0.1) is 0 Å². The normalized spacial score (nSPS) is 17.9. The molecule has 0 fully saturated rings. The first-order chi connectivity index (χ1) is 14.3. The number of benzene rings is 1. The zero-order chi connectivity index (χ0) is 21.2. The number of aromatic carboxylic acids is 1. The number of carbonyl (C=O) groups is 2. The predicted molar refractivity (Wildman–Crippen MR) is 107 cm³/mol. The number of hydrogen-bond acceptors (Lipinski definition) is 8. The van der Waals surface area contributed by atoms with Crippen molar-refractivity contribution in [1.29, 1.82) is 0 Å². The summed E-state index contributed by atoms with van der Waals surface area (Å²) in [5.74, 6) is -1.44. The smallest absolute Gasteiger partial charge is 0.340 e. The van der Waals surface area contributed by atoms with E-state index in [0.717, 1.165) is 15.1 Å². The Morgan fingerprint density at radius 1 is 1.27 bits per heavy atom. The maximum Gasteiger partial charge on any atom is 0.340 e. The molecule has 2 aliphatic rings. The zero-order valence-corrected chi connectivity index (χ0v) is 16.3. The summed E-state index contributed by atoms with van der Waals surface area (Å²) < 4.78 is 0.779. The van der Waals surface area contributed by atoms with Crippen LogP contribution in [0.15, 0.2) is 27.8 Å². The number of phenols is 1. The number of carboxylic acid groups (broad SMARTS) is 1. The zero-order valence-electron chi connectivity index (χ0n) is 15.5. The minimum Gasteiger partial charge on any atom is -0.507 e. The van der Waals surface area contributed by atoms with Gasteiger partial charge in [-0.3, -0.25) is 19.8 Å². The van der Waals surface area contributed by atoms with Gasteiger partial charge in [-0.1, -0.05) is 12.1 Å². The number of anilines is 1. The molecule has 1 atom stereocenters. The summed E-state index contributed by atoms with van der Waals surface area (Å²) in [4.78, 5) is 49.5. The van der Waals surface area contributed by atoms with Gasteiger partial charge in [-0.2, -0.15) is 4.68 Å². The summed E-state index contributed by atoms with van der Waals surface area (Å²) in [6.45, 7) is 1.15. The lowest BCUT2D eigenvalue weighted by Gasteiger charge is -2.28. The molecule has 4 heterocycles. The molecule has 0 bridgehead atoms. The number of thiophene rings is 1. The van der Waals surface area contributed by atoms with Gasteiger partial charge in [0.25, 0.3) is 5.91 Å². The summed E-state index contributed by atoms with van der Waals surface area (Å²) in [5.41, 5.74) is 2.93. The quantitative estimate of drug-likeness (QED) is 0.419. The number of aromatic hydroxyl groups is 1. The predicted octanol–water partition coefficient (Wildman–Crippen LogP) is 0.0949. The molecular weight excluding hydrogens is 412 g/mol. The minimum atomic E-state index is -1.15. The fourth-order valence-electron chi connectivity index (χ4n) is 4.01. The van der Waals surface area contributed by atoms with E-state index in [9.17, 15) is 29.4 Å². The second-order valence-corrected chi connectivity index (χ2v) is 8.45. The van der Waals surface area contributed by atoms with Crippen molar-refractivity contribution in [2.24, 2.45) is 0 Å². The third kappa shape index (κ3) is 2.82. The van der Waals surface area contributed by atoms with Crippen LogP contribution in [-0.4, -0.2) is 44.3 Å². The van der Waals surface area contributed by atoms with Crippen molar-refractivity contribution in [3.05, 3.63) is 66.0 Å². The van der Waals surface area contributed by atoms with Gasteiger partial charge in [-0.25, -0.2) is 4.79 Å². The number of nitrogens with zero attached hydrogens (tertiary/aromatic N) is 2. The molecule has 0 spiro atoms. The number of fused-ring (bicyclic) bond motifs is 2. The number of carboxylic acids is 1. The summed E-state index contributed by atoms with van der Waals surface area (Å²) in [6.07, 6.45) is 0.378. The number of amides is 1. The number of phenolic OH excluding ortho intramolecular Hbond substituents is 1. The first kappa shape index (κ1) is 18.6. The van der Waals surface area contributed by atoms with Crippen LogP contribution in [0.3, 0.4) is 0 Å². The number of hydrogen-bond donors (Lipinski definition) is 4. The van der Waals surface area contributed by atoms with Crippen LogP contribution >= 0.6 is 11.3 Å². The van der Waals surface area contributed by atoms with Crippen molar-refractivity contribution in [1.82, 2.24) is 14.9 Å². The largest absolute Gasteiger partial charge is 0.507 e. The average molecular weight is 428 g/mol. The van der Waals surface area contributed by atoms with E-state index in [1.54, 1.807) is 17.0 Å². The molecule has 3 aromatic rings. The van der Waals surface area contributed by atoms with Crippen molar-refractivity contribution < 1.29 is 19.8 Å². The molecule has 2 aliphatic heterocycles. The lowest BCUT2D eigenvalue weighted by molar-refractivity contribution is 0.0693. The Bertz CT molecular complexity index is 1260. The summed E-state index contributed by atoms with van der Waals surface area (Å²) in [6, 6.07) is 4.80. The van der Waals surface area contributed by atoms with Crippen LogP contribution in [0.25, 0.3) is 0 Å². The fraction of sp³-hybridized carbons (Fsp3) is 0.263. The van der Waals surface area contributed by atoms with E-state index in [1.165, 1.54) is 17.4 Å². The van der Waals surface area contributed by atoms with E-state index in [-0.39, 0.29) is 28.3 Å². The van der Waals surface area contributed by atoms with Gasteiger partial charge in [0, 0.05) is 30.6 Å². The van der Waals surface area contributed by atoms with E-state index in [0.29, 0.717) is 37.2 Å². The second-order valence-electron chi connectivity index (χ2n) is 7.35. The van der Waals surface area contributed by atoms with Gasteiger partial charge >= 0.3 is 17.1 Å². The van der Waals surface area contributed by atoms with E-state index in [4.69, 9.17) is 0 Å². The Balaban J connectivity index is 1.37. The molecule has 10 nitrogen and oxygen atoms in total. The third-order valence-corrected chi connectivity index (χ3v) is 6.63. The Morgan fingerprint density at radius 2 is 2.03 bits per heavy atom. The molecule has 0 saturated heterocycles. The first-order valence-electron chi connectivity index (χ1n) is 9.21. The third-order valence-electron chi connectivity index (χ3n) is 5.49. The summed E-state index contributed by atoms with van der Waals surface area (Å²) in [5, 5.41) is 23.2. The fourth-order valence-corrected chi connectivity index (χ4v) is 5.17. The molecular formula is C19H16N4O6S. The second kappa shape index (κ2) is 6.54. The highest BCUT2D eigenvalue weighted by Gasteiger charge is 2.35. The van der Waals surface area contributed by atoms with Gasteiger partial charge in [-0.05, 0) is 23.6 Å². The van der Waals surface area contributed by atoms with E-state index >= 15 is 0 Å². The van der Waals surface area contributed by atoms with Crippen LogP contribution in [0.2, 0.25) is 0 Å². The highest BCUT2D eigenvalue weighted by molar-refractivity contribution is 7.16. The Hall–Kier alpha value is -3.44. The van der Waals surface area contributed by atoms with Crippen LogP contribution in [0.4, 0.5) is 5.00 Å². The molecule has 154 valence electrons. The highest BCUT2D eigenvalue weighted by atomic mass is 32.1. The molecule has 5 rings (SSSR count). The van der Waals surface area contributed by atoms with Gasteiger partial charge in [0.2, 0.25) is 0 Å². The molecule has 1 amide bonds. The van der Waals surface area contributed by atoms with E-state index < -0.39 is 17.1 Å².